The zero-order chi connectivity index (χ0) is 17.0. The third-order valence-corrected chi connectivity index (χ3v) is 3.83. The fourth-order valence-electron chi connectivity index (χ4n) is 2.87. The van der Waals surface area contributed by atoms with Crippen molar-refractivity contribution in [2.75, 3.05) is 25.5 Å². The van der Waals surface area contributed by atoms with Crippen molar-refractivity contribution in [2.24, 2.45) is 5.92 Å². The van der Waals surface area contributed by atoms with Crippen LogP contribution >= 0.6 is 0 Å². The average molecular weight is 320 g/mol. The second kappa shape index (κ2) is 7.27. The minimum Gasteiger partial charge on any atom is -0.444 e. The highest BCUT2D eigenvalue weighted by molar-refractivity contribution is 5.83. The van der Waals surface area contributed by atoms with E-state index in [2.05, 4.69) is 27.0 Å². The largest absolute Gasteiger partial charge is 0.444 e. The van der Waals surface area contributed by atoms with Gasteiger partial charge in [-0.2, -0.15) is 0 Å². The summed E-state index contributed by atoms with van der Waals surface area (Å²) < 4.78 is 5.28. The molecular weight excluding hydrogens is 292 g/mol. The summed E-state index contributed by atoms with van der Waals surface area (Å²) in [7, 11) is 1.99. The van der Waals surface area contributed by atoms with Gasteiger partial charge < -0.3 is 15.4 Å². The first-order chi connectivity index (χ1) is 10.8. The van der Waals surface area contributed by atoms with Crippen molar-refractivity contribution in [3.8, 4) is 0 Å². The Kier molecular flexibility index (Phi) is 5.59. The number of nitrogens with zero attached hydrogens (tertiary/aromatic N) is 1. The number of aryl methyl sites for hydroxylation is 1. The molecule has 0 saturated carbocycles. The monoisotopic (exact) mass is 320 g/mol. The van der Waals surface area contributed by atoms with Crippen molar-refractivity contribution < 1.29 is 9.53 Å². The number of ether oxygens (including phenoxy) is 1. The molecule has 2 atom stereocenters. The first kappa shape index (κ1) is 17.7. The van der Waals surface area contributed by atoms with Crippen LogP contribution in [0, 0.1) is 12.8 Å². The number of likely N-dealkylation sites (N-methyl/N-ethyl adjacent to an activating group) is 1. The van der Waals surface area contributed by atoms with Gasteiger partial charge in [0.1, 0.15) is 11.4 Å². The molecule has 0 bridgehead atoms. The van der Waals surface area contributed by atoms with Crippen molar-refractivity contribution in [2.45, 2.75) is 45.8 Å². The topological polar surface area (TPSA) is 75.3 Å². The lowest BCUT2D eigenvalue weighted by atomic mass is 9.97. The van der Waals surface area contributed by atoms with Crippen LogP contribution in [0.25, 0.3) is 0 Å². The summed E-state index contributed by atoms with van der Waals surface area (Å²) in [6.45, 7) is 9.49. The van der Waals surface area contributed by atoms with Gasteiger partial charge in [0.05, 0.1) is 0 Å². The standard InChI is InChI=1S/C17H28N4O2/c1-11-6-13(8-12-9-19-10-14(12)18-5)20-15(7-11)21-16(22)23-17(2,3)4/h6-7,12,14,18-19H,8-10H2,1-5H3,(H,20,21,22). The van der Waals surface area contributed by atoms with E-state index in [0.717, 1.165) is 30.8 Å². The van der Waals surface area contributed by atoms with Crippen molar-refractivity contribution in [1.82, 2.24) is 15.6 Å². The first-order valence-corrected chi connectivity index (χ1v) is 8.12. The molecule has 0 aliphatic carbocycles. The van der Waals surface area contributed by atoms with Crippen LogP contribution in [-0.2, 0) is 11.2 Å². The molecule has 1 aromatic rings. The van der Waals surface area contributed by atoms with Crippen molar-refractivity contribution in [3.05, 3.63) is 23.4 Å². The Labute approximate surface area is 138 Å². The van der Waals surface area contributed by atoms with Gasteiger partial charge in [-0.1, -0.05) is 0 Å². The summed E-state index contributed by atoms with van der Waals surface area (Å²) in [4.78, 5) is 16.5. The summed E-state index contributed by atoms with van der Waals surface area (Å²) >= 11 is 0. The molecule has 3 N–H and O–H groups in total. The number of carbonyl (C=O) groups excluding carboxylic acids is 1. The maximum atomic E-state index is 11.9. The van der Waals surface area contributed by atoms with E-state index in [-0.39, 0.29) is 0 Å². The Balaban J connectivity index is 2.05. The van der Waals surface area contributed by atoms with E-state index in [0.29, 0.717) is 17.8 Å². The molecular formula is C17H28N4O2. The summed E-state index contributed by atoms with van der Waals surface area (Å²) in [5.41, 5.74) is 1.55. The number of pyridine rings is 1. The summed E-state index contributed by atoms with van der Waals surface area (Å²) in [6.07, 6.45) is 0.403. The summed E-state index contributed by atoms with van der Waals surface area (Å²) in [6, 6.07) is 4.39. The van der Waals surface area contributed by atoms with E-state index < -0.39 is 11.7 Å². The van der Waals surface area contributed by atoms with Crippen LogP contribution in [0.4, 0.5) is 10.6 Å². The van der Waals surface area contributed by atoms with Crippen LogP contribution in [0.3, 0.4) is 0 Å². The molecule has 2 rings (SSSR count). The lowest BCUT2D eigenvalue weighted by molar-refractivity contribution is 0.0635. The summed E-state index contributed by atoms with van der Waals surface area (Å²) in [5, 5.41) is 9.47. The maximum Gasteiger partial charge on any atom is 0.413 e. The lowest BCUT2D eigenvalue weighted by Gasteiger charge is -2.20. The molecule has 23 heavy (non-hydrogen) atoms. The molecule has 1 saturated heterocycles. The lowest BCUT2D eigenvalue weighted by Crippen LogP contribution is -2.34. The van der Waals surface area contributed by atoms with E-state index in [9.17, 15) is 4.79 Å². The van der Waals surface area contributed by atoms with Gasteiger partial charge in [-0.3, -0.25) is 5.32 Å². The predicted molar refractivity (Wildman–Crippen MR) is 91.7 cm³/mol. The molecule has 6 heteroatoms. The van der Waals surface area contributed by atoms with Crippen LogP contribution in [0.2, 0.25) is 0 Å². The minimum absolute atomic E-state index is 0.458. The van der Waals surface area contributed by atoms with Crippen LogP contribution in [0.5, 0.6) is 0 Å². The third-order valence-electron chi connectivity index (χ3n) is 3.83. The van der Waals surface area contributed by atoms with Gasteiger partial charge >= 0.3 is 6.09 Å². The molecule has 0 spiro atoms. The second-order valence-electron chi connectivity index (χ2n) is 7.17. The van der Waals surface area contributed by atoms with E-state index in [1.807, 2.05) is 40.8 Å². The highest BCUT2D eigenvalue weighted by atomic mass is 16.6. The van der Waals surface area contributed by atoms with Gasteiger partial charge in [0.25, 0.3) is 0 Å². The van der Waals surface area contributed by atoms with Crippen LogP contribution in [0.15, 0.2) is 12.1 Å². The van der Waals surface area contributed by atoms with Gasteiger partial charge in [0, 0.05) is 18.3 Å². The number of hydrogen-bond donors (Lipinski definition) is 3. The zero-order valence-corrected chi connectivity index (χ0v) is 14.7. The Morgan fingerprint density at radius 1 is 1.39 bits per heavy atom. The molecule has 6 nitrogen and oxygen atoms in total. The fraction of sp³-hybridized carbons (Fsp3) is 0.647. The number of hydrogen-bond acceptors (Lipinski definition) is 5. The van der Waals surface area contributed by atoms with Gasteiger partial charge in [0.15, 0.2) is 0 Å². The van der Waals surface area contributed by atoms with Gasteiger partial charge in [-0.05, 0) is 71.3 Å². The quantitative estimate of drug-likeness (QED) is 0.792. The molecule has 1 fully saturated rings. The first-order valence-electron chi connectivity index (χ1n) is 8.12. The van der Waals surface area contributed by atoms with Crippen molar-refractivity contribution in [3.63, 3.8) is 0 Å². The normalized spacial score (nSPS) is 21.3. The predicted octanol–water partition coefficient (Wildman–Crippen LogP) is 2.09. The molecule has 1 aliphatic rings. The third kappa shape index (κ3) is 5.48. The number of rotatable bonds is 4. The Hall–Kier alpha value is -1.66. The van der Waals surface area contributed by atoms with E-state index in [1.165, 1.54) is 0 Å². The Bertz CT molecular complexity index is 554. The smallest absolute Gasteiger partial charge is 0.413 e. The SMILES string of the molecule is CNC1CNCC1Cc1cc(C)cc(NC(=O)OC(C)(C)C)n1. The number of carbonyl (C=O) groups is 1. The molecule has 0 radical (unpaired) electrons. The Morgan fingerprint density at radius 3 is 2.78 bits per heavy atom. The van der Waals surface area contributed by atoms with Gasteiger partial charge in [-0.15, -0.1) is 0 Å². The van der Waals surface area contributed by atoms with Crippen molar-refractivity contribution >= 4 is 11.9 Å². The van der Waals surface area contributed by atoms with Crippen LogP contribution < -0.4 is 16.0 Å². The molecule has 1 aromatic heterocycles. The highest BCUT2D eigenvalue weighted by Crippen LogP contribution is 2.18. The number of aromatic nitrogens is 1. The highest BCUT2D eigenvalue weighted by Gasteiger charge is 2.26. The molecule has 0 aromatic carbocycles. The minimum atomic E-state index is -0.522. The number of nitrogens with one attached hydrogen (secondary N) is 3. The molecule has 2 heterocycles. The summed E-state index contributed by atoms with van der Waals surface area (Å²) in [5.74, 6) is 1.05. The number of amides is 1. The fourth-order valence-corrected chi connectivity index (χ4v) is 2.87. The Morgan fingerprint density at radius 2 is 2.13 bits per heavy atom. The van der Waals surface area contributed by atoms with E-state index in [1.54, 1.807) is 0 Å². The van der Waals surface area contributed by atoms with Gasteiger partial charge in [0.2, 0.25) is 0 Å². The molecule has 1 amide bonds. The number of anilines is 1. The van der Waals surface area contributed by atoms with Crippen LogP contribution in [-0.4, -0.2) is 42.9 Å². The zero-order valence-electron chi connectivity index (χ0n) is 14.7. The van der Waals surface area contributed by atoms with Gasteiger partial charge in [-0.25, -0.2) is 9.78 Å². The van der Waals surface area contributed by atoms with Crippen LogP contribution in [0.1, 0.15) is 32.0 Å². The average Bonchev–Trinajstić information content (AvgIpc) is 2.82. The van der Waals surface area contributed by atoms with E-state index in [4.69, 9.17) is 4.74 Å². The molecule has 128 valence electrons. The maximum absolute atomic E-state index is 11.9. The second-order valence-corrected chi connectivity index (χ2v) is 7.17. The molecule has 2 unspecified atom stereocenters. The van der Waals surface area contributed by atoms with E-state index >= 15 is 0 Å². The molecule has 1 aliphatic heterocycles. The van der Waals surface area contributed by atoms with Crippen molar-refractivity contribution in [1.29, 1.82) is 0 Å².